The van der Waals surface area contributed by atoms with E-state index in [9.17, 15) is 9.59 Å². The van der Waals surface area contributed by atoms with E-state index < -0.39 is 11.2 Å². The van der Waals surface area contributed by atoms with E-state index in [4.69, 9.17) is 5.11 Å². The molecule has 0 saturated carbocycles. The van der Waals surface area contributed by atoms with Gasteiger partial charge in [-0.15, -0.1) is 11.8 Å². The fraction of sp³-hybridized carbons (Fsp3) is 0.800. The molecule has 0 bridgehead atoms. The molecule has 0 aliphatic rings. The van der Waals surface area contributed by atoms with Crippen molar-refractivity contribution in [3.63, 3.8) is 0 Å². The first-order chi connectivity index (χ1) is 7.11. The van der Waals surface area contributed by atoms with Gasteiger partial charge in [-0.05, 0) is 12.8 Å². The lowest BCUT2D eigenvalue weighted by molar-refractivity contribution is -0.136. The van der Waals surface area contributed by atoms with Crippen LogP contribution in [0.3, 0.4) is 0 Å². The van der Waals surface area contributed by atoms with Crippen LogP contribution < -0.4 is 5.32 Å². The second-order valence-corrected chi connectivity index (χ2v) is 4.44. The average molecular weight is 233 g/mol. The number of unbranched alkanes of at least 4 members (excludes halogenated alkanes) is 1. The molecule has 0 spiro atoms. The third-order valence-corrected chi connectivity index (χ3v) is 3.28. The highest BCUT2D eigenvalue weighted by Gasteiger charge is 2.16. The minimum Gasteiger partial charge on any atom is -0.480 e. The van der Waals surface area contributed by atoms with E-state index in [-0.39, 0.29) is 11.7 Å². The monoisotopic (exact) mass is 233 g/mol. The van der Waals surface area contributed by atoms with Crippen molar-refractivity contribution in [2.24, 2.45) is 0 Å². The maximum absolute atomic E-state index is 11.2. The van der Waals surface area contributed by atoms with Gasteiger partial charge in [0.1, 0.15) is 5.25 Å². The van der Waals surface area contributed by atoms with Gasteiger partial charge in [0.15, 0.2) is 0 Å². The molecule has 0 aromatic carbocycles. The van der Waals surface area contributed by atoms with E-state index in [1.807, 2.05) is 0 Å². The zero-order valence-electron chi connectivity index (χ0n) is 9.28. The van der Waals surface area contributed by atoms with Crippen LogP contribution in [0.25, 0.3) is 0 Å². The summed E-state index contributed by atoms with van der Waals surface area (Å²) in [7, 11) is 0. The van der Waals surface area contributed by atoms with Gasteiger partial charge in [-0.3, -0.25) is 9.59 Å². The normalized spacial score (nSPS) is 12.1. The number of carboxylic acid groups (broad SMARTS) is 1. The zero-order chi connectivity index (χ0) is 11.7. The summed E-state index contributed by atoms with van der Waals surface area (Å²) in [6.45, 7) is 4.54. The first-order valence-corrected chi connectivity index (χ1v) is 6.27. The number of rotatable bonds is 8. The second-order valence-electron chi connectivity index (χ2n) is 3.25. The molecule has 5 heteroatoms. The topological polar surface area (TPSA) is 66.4 Å². The van der Waals surface area contributed by atoms with Crippen molar-refractivity contribution < 1.29 is 14.7 Å². The van der Waals surface area contributed by atoms with E-state index in [0.29, 0.717) is 13.0 Å². The van der Waals surface area contributed by atoms with E-state index in [2.05, 4.69) is 12.2 Å². The summed E-state index contributed by atoms with van der Waals surface area (Å²) in [5.74, 6) is -0.689. The molecule has 0 fully saturated rings. The third-order valence-electron chi connectivity index (χ3n) is 1.91. The van der Waals surface area contributed by atoms with Gasteiger partial charge in [0.25, 0.3) is 0 Å². The summed E-state index contributed by atoms with van der Waals surface area (Å²) in [6.07, 6.45) is 2.55. The number of hydrogen-bond acceptors (Lipinski definition) is 3. The molecule has 0 aliphatic carbocycles. The number of nitrogens with one attached hydrogen (secondary N) is 1. The van der Waals surface area contributed by atoms with Crippen molar-refractivity contribution in [3.8, 4) is 0 Å². The van der Waals surface area contributed by atoms with Gasteiger partial charge in [0.2, 0.25) is 5.91 Å². The lowest BCUT2D eigenvalue weighted by atomic mass is 10.3. The number of carbonyl (C=O) groups is 2. The lowest BCUT2D eigenvalue weighted by Gasteiger charge is -2.09. The predicted octanol–water partition coefficient (Wildman–Crippen LogP) is 1.50. The molecule has 4 nitrogen and oxygen atoms in total. The number of carboxylic acids is 1. The molecule has 0 heterocycles. The molecule has 0 aromatic rings. The molecule has 1 atom stereocenters. The average Bonchev–Trinajstić information content (AvgIpc) is 2.18. The van der Waals surface area contributed by atoms with Crippen LogP contribution in [-0.2, 0) is 9.59 Å². The number of aliphatic carboxylic acids is 1. The van der Waals surface area contributed by atoms with Gasteiger partial charge in [0, 0.05) is 6.54 Å². The molecule has 1 amide bonds. The van der Waals surface area contributed by atoms with Crippen LogP contribution in [0.15, 0.2) is 0 Å². The van der Waals surface area contributed by atoms with Crippen LogP contribution in [0.5, 0.6) is 0 Å². The standard InChI is InChI=1S/C10H19NO3S/c1-3-5-6-11-9(12)7-15-8(4-2)10(13)14/h8H,3-7H2,1-2H3,(H,11,12)(H,13,14). The summed E-state index contributed by atoms with van der Waals surface area (Å²) in [5.41, 5.74) is 0. The molecule has 0 saturated heterocycles. The van der Waals surface area contributed by atoms with Crippen molar-refractivity contribution in [3.05, 3.63) is 0 Å². The summed E-state index contributed by atoms with van der Waals surface area (Å²) < 4.78 is 0. The molecule has 0 radical (unpaired) electrons. The largest absolute Gasteiger partial charge is 0.480 e. The smallest absolute Gasteiger partial charge is 0.316 e. The Morgan fingerprint density at radius 1 is 1.40 bits per heavy atom. The highest BCUT2D eigenvalue weighted by molar-refractivity contribution is 8.01. The molecule has 0 aromatic heterocycles. The summed E-state index contributed by atoms with van der Waals surface area (Å²) in [5, 5.41) is 11.0. The summed E-state index contributed by atoms with van der Waals surface area (Å²) in [4.78, 5) is 21.9. The van der Waals surface area contributed by atoms with Crippen molar-refractivity contribution in [2.75, 3.05) is 12.3 Å². The molecular formula is C10H19NO3S. The summed E-state index contributed by atoms with van der Waals surface area (Å²) in [6, 6.07) is 0. The quantitative estimate of drug-likeness (QED) is 0.623. The Balaban J connectivity index is 3.64. The molecule has 15 heavy (non-hydrogen) atoms. The summed E-state index contributed by atoms with van der Waals surface area (Å²) >= 11 is 1.18. The van der Waals surface area contributed by atoms with Crippen molar-refractivity contribution in [1.82, 2.24) is 5.32 Å². The predicted molar refractivity (Wildman–Crippen MR) is 62.1 cm³/mol. The van der Waals surface area contributed by atoms with E-state index in [0.717, 1.165) is 12.8 Å². The van der Waals surface area contributed by atoms with Gasteiger partial charge in [-0.2, -0.15) is 0 Å². The van der Waals surface area contributed by atoms with Gasteiger partial charge >= 0.3 is 5.97 Å². The molecular weight excluding hydrogens is 214 g/mol. The van der Waals surface area contributed by atoms with Gasteiger partial charge in [0.05, 0.1) is 5.75 Å². The highest BCUT2D eigenvalue weighted by atomic mass is 32.2. The minimum atomic E-state index is -0.844. The second kappa shape index (κ2) is 8.59. The number of thioether (sulfide) groups is 1. The zero-order valence-corrected chi connectivity index (χ0v) is 10.1. The Hall–Kier alpha value is -0.710. The lowest BCUT2D eigenvalue weighted by Crippen LogP contribution is -2.28. The van der Waals surface area contributed by atoms with Gasteiger partial charge in [-0.25, -0.2) is 0 Å². The molecule has 88 valence electrons. The molecule has 1 unspecified atom stereocenters. The maximum atomic E-state index is 11.2. The van der Waals surface area contributed by atoms with Gasteiger partial charge < -0.3 is 10.4 Å². The van der Waals surface area contributed by atoms with Crippen LogP contribution in [0, 0.1) is 0 Å². The van der Waals surface area contributed by atoms with E-state index in [1.165, 1.54) is 11.8 Å². The Bertz CT molecular complexity index is 209. The van der Waals surface area contributed by atoms with Crippen molar-refractivity contribution >= 4 is 23.6 Å². The SMILES string of the molecule is CCCCNC(=O)CSC(CC)C(=O)O. The van der Waals surface area contributed by atoms with Crippen LogP contribution >= 0.6 is 11.8 Å². The molecule has 0 aliphatic heterocycles. The number of amides is 1. The van der Waals surface area contributed by atoms with Crippen molar-refractivity contribution in [1.29, 1.82) is 0 Å². The van der Waals surface area contributed by atoms with Crippen LogP contribution in [-0.4, -0.2) is 34.5 Å². The van der Waals surface area contributed by atoms with Crippen LogP contribution in [0.1, 0.15) is 33.1 Å². The third kappa shape index (κ3) is 7.25. The molecule has 0 rings (SSSR count). The Labute approximate surface area is 94.8 Å². The first kappa shape index (κ1) is 14.3. The van der Waals surface area contributed by atoms with Gasteiger partial charge in [-0.1, -0.05) is 20.3 Å². The highest BCUT2D eigenvalue weighted by Crippen LogP contribution is 2.13. The fourth-order valence-corrected chi connectivity index (χ4v) is 1.83. The minimum absolute atomic E-state index is 0.0758. The van der Waals surface area contributed by atoms with E-state index in [1.54, 1.807) is 6.92 Å². The number of hydrogen-bond donors (Lipinski definition) is 2. The number of carbonyl (C=O) groups excluding carboxylic acids is 1. The fourth-order valence-electron chi connectivity index (χ4n) is 0.996. The van der Waals surface area contributed by atoms with Crippen molar-refractivity contribution in [2.45, 2.75) is 38.4 Å². The maximum Gasteiger partial charge on any atom is 0.316 e. The Morgan fingerprint density at radius 2 is 2.07 bits per heavy atom. The Morgan fingerprint density at radius 3 is 2.53 bits per heavy atom. The van der Waals surface area contributed by atoms with Crippen LogP contribution in [0.4, 0.5) is 0 Å². The van der Waals surface area contributed by atoms with E-state index >= 15 is 0 Å². The first-order valence-electron chi connectivity index (χ1n) is 5.22. The Kier molecular flexibility index (Phi) is 8.18. The van der Waals surface area contributed by atoms with Crippen LogP contribution in [0.2, 0.25) is 0 Å². The molecule has 2 N–H and O–H groups in total.